The lowest BCUT2D eigenvalue weighted by Crippen LogP contribution is -2.48. The van der Waals surface area contributed by atoms with Crippen molar-refractivity contribution in [2.75, 3.05) is 33.4 Å². The number of amides is 2. The van der Waals surface area contributed by atoms with Crippen molar-refractivity contribution in [3.05, 3.63) is 71.8 Å². The first-order valence-electron chi connectivity index (χ1n) is 9.35. The maximum absolute atomic E-state index is 13.0. The van der Waals surface area contributed by atoms with Crippen LogP contribution in [0.4, 0.5) is 0 Å². The number of benzene rings is 2. The minimum Gasteiger partial charge on any atom is -0.383 e. The van der Waals surface area contributed by atoms with Gasteiger partial charge in [0, 0.05) is 38.2 Å². The Hall–Kier alpha value is -2.66. The molecule has 1 fully saturated rings. The van der Waals surface area contributed by atoms with E-state index >= 15 is 0 Å². The number of methoxy groups -OCH3 is 1. The zero-order chi connectivity index (χ0) is 19.1. The van der Waals surface area contributed by atoms with Gasteiger partial charge in [-0.25, -0.2) is 0 Å². The van der Waals surface area contributed by atoms with Gasteiger partial charge in [0.15, 0.2) is 0 Å². The number of carbonyl (C=O) groups excluding carboxylic acids is 2. The van der Waals surface area contributed by atoms with E-state index in [1.54, 1.807) is 7.11 Å². The summed E-state index contributed by atoms with van der Waals surface area (Å²) in [7, 11) is 1.61. The molecule has 27 heavy (non-hydrogen) atoms. The fraction of sp³-hybridized carbons (Fsp3) is 0.364. The Morgan fingerprint density at radius 1 is 1.04 bits per heavy atom. The van der Waals surface area contributed by atoms with Gasteiger partial charge in [0.05, 0.1) is 12.5 Å². The molecule has 1 aliphatic rings. The molecule has 2 amide bonds. The van der Waals surface area contributed by atoms with E-state index in [9.17, 15) is 9.59 Å². The summed E-state index contributed by atoms with van der Waals surface area (Å²) >= 11 is 0. The lowest BCUT2D eigenvalue weighted by molar-refractivity contribution is -0.126. The molecule has 0 aromatic heterocycles. The van der Waals surface area contributed by atoms with Gasteiger partial charge in [-0.1, -0.05) is 48.5 Å². The monoisotopic (exact) mass is 366 g/mol. The van der Waals surface area contributed by atoms with E-state index in [4.69, 9.17) is 4.74 Å². The Morgan fingerprint density at radius 2 is 1.70 bits per heavy atom. The van der Waals surface area contributed by atoms with Crippen molar-refractivity contribution in [3.63, 3.8) is 0 Å². The van der Waals surface area contributed by atoms with Gasteiger partial charge in [0.25, 0.3) is 5.91 Å². The summed E-state index contributed by atoms with van der Waals surface area (Å²) in [6.45, 7) is 2.02. The van der Waals surface area contributed by atoms with Gasteiger partial charge in [0.1, 0.15) is 0 Å². The molecule has 5 nitrogen and oxygen atoms in total. The zero-order valence-electron chi connectivity index (χ0n) is 15.6. The Bertz CT molecular complexity index is 749. The molecule has 0 saturated carbocycles. The molecule has 1 aliphatic heterocycles. The number of hydrogen-bond acceptors (Lipinski definition) is 3. The van der Waals surface area contributed by atoms with Crippen LogP contribution in [0.1, 0.15) is 28.3 Å². The molecule has 0 bridgehead atoms. The maximum atomic E-state index is 13.0. The summed E-state index contributed by atoms with van der Waals surface area (Å²) in [6.07, 6.45) is 0.737. The van der Waals surface area contributed by atoms with Crippen molar-refractivity contribution in [3.8, 4) is 0 Å². The number of carbonyl (C=O) groups is 2. The molecule has 2 aromatic carbocycles. The summed E-state index contributed by atoms with van der Waals surface area (Å²) in [5.74, 6) is -0.122. The fourth-order valence-electron chi connectivity index (χ4n) is 3.61. The average molecular weight is 366 g/mol. The van der Waals surface area contributed by atoms with Crippen LogP contribution in [0.3, 0.4) is 0 Å². The predicted molar refractivity (Wildman–Crippen MR) is 105 cm³/mol. The normalized spacial score (nSPS) is 19.5. The van der Waals surface area contributed by atoms with E-state index in [0.29, 0.717) is 31.8 Å². The number of likely N-dealkylation sites (tertiary alicyclic amines) is 1. The Morgan fingerprint density at radius 3 is 2.37 bits per heavy atom. The van der Waals surface area contributed by atoms with Gasteiger partial charge in [-0.15, -0.1) is 0 Å². The molecule has 0 radical (unpaired) electrons. The van der Waals surface area contributed by atoms with E-state index < -0.39 is 0 Å². The Balaban J connectivity index is 1.78. The number of hydrogen-bond donors (Lipinski definition) is 1. The third-order valence-corrected chi connectivity index (χ3v) is 5.01. The molecule has 1 saturated heterocycles. The van der Waals surface area contributed by atoms with Crippen LogP contribution in [0, 0.1) is 5.92 Å². The molecular weight excluding hydrogens is 340 g/mol. The van der Waals surface area contributed by atoms with Crippen molar-refractivity contribution in [2.45, 2.75) is 12.3 Å². The third-order valence-electron chi connectivity index (χ3n) is 5.01. The molecule has 3 rings (SSSR count). The standard InChI is InChI=1S/C22H26N2O3/c1-27-13-12-23-21(25)20-14-19(17-8-4-2-5-9-17)15-24(16-20)22(26)18-10-6-3-7-11-18/h2-11,19-20H,12-16H2,1H3,(H,23,25)/t19-,20-/m1/s1. The minimum atomic E-state index is -0.228. The van der Waals surface area contributed by atoms with E-state index in [1.807, 2.05) is 53.4 Å². The molecule has 2 aromatic rings. The molecule has 0 spiro atoms. The zero-order valence-corrected chi connectivity index (χ0v) is 15.6. The van der Waals surface area contributed by atoms with Gasteiger partial charge in [-0.05, 0) is 24.1 Å². The van der Waals surface area contributed by atoms with Crippen LogP contribution >= 0.6 is 0 Å². The second-order valence-electron chi connectivity index (χ2n) is 6.90. The quantitative estimate of drug-likeness (QED) is 0.800. The van der Waals surface area contributed by atoms with Crippen molar-refractivity contribution in [1.82, 2.24) is 10.2 Å². The van der Waals surface area contributed by atoms with Crippen LogP contribution in [-0.2, 0) is 9.53 Å². The smallest absolute Gasteiger partial charge is 0.253 e. The van der Waals surface area contributed by atoms with E-state index in [0.717, 1.165) is 12.0 Å². The number of piperidine rings is 1. The van der Waals surface area contributed by atoms with Gasteiger partial charge in [-0.3, -0.25) is 9.59 Å². The average Bonchev–Trinajstić information content (AvgIpc) is 2.74. The highest BCUT2D eigenvalue weighted by Gasteiger charge is 2.34. The van der Waals surface area contributed by atoms with Gasteiger partial charge in [0.2, 0.25) is 5.91 Å². The maximum Gasteiger partial charge on any atom is 0.253 e. The first-order valence-corrected chi connectivity index (χ1v) is 9.35. The Labute approximate surface area is 160 Å². The van der Waals surface area contributed by atoms with E-state index in [-0.39, 0.29) is 23.7 Å². The van der Waals surface area contributed by atoms with Gasteiger partial charge >= 0.3 is 0 Å². The highest BCUT2D eigenvalue weighted by Crippen LogP contribution is 2.31. The molecule has 1 N–H and O–H groups in total. The third kappa shape index (κ3) is 4.95. The molecule has 0 unspecified atom stereocenters. The molecule has 142 valence electrons. The lowest BCUT2D eigenvalue weighted by atomic mass is 9.83. The molecule has 1 heterocycles. The number of rotatable bonds is 6. The highest BCUT2D eigenvalue weighted by molar-refractivity contribution is 5.94. The second-order valence-corrected chi connectivity index (χ2v) is 6.90. The number of nitrogens with one attached hydrogen (secondary N) is 1. The van der Waals surface area contributed by atoms with E-state index in [1.165, 1.54) is 0 Å². The highest BCUT2D eigenvalue weighted by atomic mass is 16.5. The van der Waals surface area contributed by atoms with Crippen molar-refractivity contribution in [1.29, 1.82) is 0 Å². The first-order chi connectivity index (χ1) is 13.2. The summed E-state index contributed by atoms with van der Waals surface area (Å²) < 4.78 is 5.01. The molecule has 2 atom stereocenters. The van der Waals surface area contributed by atoms with Crippen LogP contribution in [0.5, 0.6) is 0 Å². The Kier molecular flexibility index (Phi) is 6.60. The summed E-state index contributed by atoms with van der Waals surface area (Å²) in [5, 5.41) is 2.92. The van der Waals surface area contributed by atoms with Crippen LogP contribution in [-0.4, -0.2) is 50.1 Å². The number of nitrogens with zero attached hydrogens (tertiary/aromatic N) is 1. The SMILES string of the molecule is COCCNC(=O)[C@@H]1C[C@@H](c2ccccc2)CN(C(=O)c2ccccc2)C1. The van der Waals surface area contributed by atoms with Crippen molar-refractivity contribution in [2.24, 2.45) is 5.92 Å². The summed E-state index contributed by atoms with van der Waals surface area (Å²) in [5.41, 5.74) is 1.82. The van der Waals surface area contributed by atoms with Gasteiger partial charge < -0.3 is 15.0 Å². The summed E-state index contributed by atoms with van der Waals surface area (Å²) in [6, 6.07) is 19.4. The van der Waals surface area contributed by atoms with Crippen LogP contribution in [0.2, 0.25) is 0 Å². The van der Waals surface area contributed by atoms with Crippen LogP contribution in [0.25, 0.3) is 0 Å². The van der Waals surface area contributed by atoms with Crippen molar-refractivity contribution >= 4 is 11.8 Å². The molecule has 0 aliphatic carbocycles. The van der Waals surface area contributed by atoms with Crippen LogP contribution in [0.15, 0.2) is 60.7 Å². The fourth-order valence-corrected chi connectivity index (χ4v) is 3.61. The summed E-state index contributed by atoms with van der Waals surface area (Å²) in [4.78, 5) is 27.4. The topological polar surface area (TPSA) is 58.6 Å². The van der Waals surface area contributed by atoms with Crippen LogP contribution < -0.4 is 5.32 Å². The predicted octanol–water partition coefficient (Wildman–Crippen LogP) is 2.70. The van der Waals surface area contributed by atoms with Gasteiger partial charge in [-0.2, -0.15) is 0 Å². The second kappa shape index (κ2) is 9.33. The minimum absolute atomic E-state index is 0.0152. The molecular formula is C22H26N2O3. The van der Waals surface area contributed by atoms with E-state index in [2.05, 4.69) is 17.4 Å². The lowest BCUT2D eigenvalue weighted by Gasteiger charge is -2.37. The number of ether oxygens (including phenoxy) is 1. The first kappa shape index (κ1) is 19.1. The molecule has 5 heteroatoms. The van der Waals surface area contributed by atoms with Crippen molar-refractivity contribution < 1.29 is 14.3 Å². The largest absolute Gasteiger partial charge is 0.383 e.